The van der Waals surface area contributed by atoms with Gasteiger partial charge in [0.1, 0.15) is 5.82 Å². The molecule has 0 aliphatic rings. The van der Waals surface area contributed by atoms with Gasteiger partial charge < -0.3 is 5.11 Å². The number of H-pyrrole nitrogens is 1. The maximum absolute atomic E-state index is 14.9. The minimum absolute atomic E-state index is 0.000736. The second-order valence-corrected chi connectivity index (χ2v) is 12.6. The molecule has 7 nitrogen and oxygen atoms in total. The first kappa shape index (κ1) is 30.2. The molecule has 0 amide bonds. The van der Waals surface area contributed by atoms with Crippen LogP contribution in [0.3, 0.4) is 0 Å². The Morgan fingerprint density at radius 1 is 0.933 bits per heavy atom. The molecule has 6 rings (SSSR count). The highest BCUT2D eigenvalue weighted by Crippen LogP contribution is 2.46. The molecule has 0 atom stereocenters. The summed E-state index contributed by atoms with van der Waals surface area (Å²) < 4.78 is 71.5. The summed E-state index contributed by atoms with van der Waals surface area (Å²) in [6, 6.07) is 19.2. The molecule has 0 fully saturated rings. The van der Waals surface area contributed by atoms with Crippen molar-refractivity contribution in [3.8, 4) is 33.5 Å². The van der Waals surface area contributed by atoms with Crippen molar-refractivity contribution in [1.29, 1.82) is 0 Å². The standard InChI is InChI=1S/C33H23ClF3N3O4S/c1-17-29(18(2)39-38-17)30-26-16-23(35)9-13-28(26)40(45(43,44)24-10-6-19(7-11-24)32(36)37)31(30)21-5-3-4-20(14-21)25-12-8-22(33(41)42)15-27(25)34/h3-16,32H,1-2H3,(H,38,39)(H,41,42). The summed E-state index contributed by atoms with van der Waals surface area (Å²) in [4.78, 5) is 11.2. The van der Waals surface area contributed by atoms with Gasteiger partial charge in [-0.05, 0) is 67.9 Å². The van der Waals surface area contributed by atoms with E-state index in [0.29, 0.717) is 44.6 Å². The number of nitrogens with one attached hydrogen (secondary N) is 1. The van der Waals surface area contributed by atoms with Crippen molar-refractivity contribution in [3.05, 3.63) is 118 Å². The van der Waals surface area contributed by atoms with Crippen LogP contribution in [0.1, 0.15) is 33.7 Å². The van der Waals surface area contributed by atoms with Gasteiger partial charge >= 0.3 is 5.97 Å². The van der Waals surface area contributed by atoms with Crippen LogP contribution in [0.15, 0.2) is 89.8 Å². The molecule has 0 unspecified atom stereocenters. The number of alkyl halides is 2. The number of carbonyl (C=O) groups is 1. The van der Waals surface area contributed by atoms with Crippen LogP contribution in [-0.2, 0) is 10.0 Å². The Bertz CT molecular complexity index is 2220. The highest BCUT2D eigenvalue weighted by molar-refractivity contribution is 7.90. The monoisotopic (exact) mass is 649 g/mol. The molecular weight excluding hydrogens is 627 g/mol. The fraction of sp³-hybridized carbons (Fsp3) is 0.0909. The fourth-order valence-corrected chi connectivity index (χ4v) is 7.36. The summed E-state index contributed by atoms with van der Waals surface area (Å²) in [6.45, 7) is 3.50. The molecule has 2 aromatic heterocycles. The highest BCUT2D eigenvalue weighted by Gasteiger charge is 2.31. The van der Waals surface area contributed by atoms with E-state index in [2.05, 4.69) is 10.2 Å². The first-order chi connectivity index (χ1) is 21.4. The predicted octanol–water partition coefficient (Wildman–Crippen LogP) is 8.65. The predicted molar refractivity (Wildman–Crippen MR) is 166 cm³/mol. The van der Waals surface area contributed by atoms with Crippen molar-refractivity contribution >= 4 is 38.5 Å². The second-order valence-electron chi connectivity index (χ2n) is 10.4. The van der Waals surface area contributed by atoms with E-state index in [4.69, 9.17) is 11.6 Å². The number of benzene rings is 4. The van der Waals surface area contributed by atoms with Gasteiger partial charge in [-0.1, -0.05) is 48.0 Å². The molecule has 4 aromatic carbocycles. The number of fused-ring (bicyclic) bond motifs is 1. The summed E-state index contributed by atoms with van der Waals surface area (Å²) in [7, 11) is -4.47. The van der Waals surface area contributed by atoms with E-state index in [1.54, 1.807) is 44.2 Å². The quantitative estimate of drug-likeness (QED) is 0.180. The minimum atomic E-state index is -4.47. The van der Waals surface area contributed by atoms with Gasteiger partial charge in [0.05, 0.1) is 27.4 Å². The van der Waals surface area contributed by atoms with Gasteiger partial charge in [-0.2, -0.15) is 5.10 Å². The Kier molecular flexibility index (Phi) is 7.54. The zero-order valence-corrected chi connectivity index (χ0v) is 25.2. The van der Waals surface area contributed by atoms with Crippen LogP contribution in [0.4, 0.5) is 13.2 Å². The average molecular weight is 650 g/mol. The number of aromatic nitrogens is 3. The topological polar surface area (TPSA) is 105 Å². The van der Waals surface area contributed by atoms with Gasteiger partial charge in [0, 0.05) is 43.9 Å². The third-order valence-electron chi connectivity index (χ3n) is 7.60. The smallest absolute Gasteiger partial charge is 0.335 e. The normalized spacial score (nSPS) is 11.9. The molecule has 0 aliphatic heterocycles. The number of carboxylic acid groups (broad SMARTS) is 1. The zero-order valence-electron chi connectivity index (χ0n) is 23.6. The Labute approximate surface area is 260 Å². The van der Waals surface area contributed by atoms with Crippen molar-refractivity contribution < 1.29 is 31.5 Å². The number of nitrogens with zero attached hydrogens (tertiary/aromatic N) is 2. The third kappa shape index (κ3) is 5.17. The third-order valence-corrected chi connectivity index (χ3v) is 9.64. The van der Waals surface area contributed by atoms with Crippen molar-refractivity contribution in [2.75, 3.05) is 0 Å². The molecule has 0 bridgehead atoms. The zero-order chi connectivity index (χ0) is 32.2. The maximum atomic E-state index is 14.9. The lowest BCUT2D eigenvalue weighted by Gasteiger charge is -2.15. The molecule has 2 heterocycles. The first-order valence-corrected chi connectivity index (χ1v) is 15.3. The number of aromatic carboxylic acids is 1. The van der Waals surface area contributed by atoms with E-state index in [1.165, 1.54) is 24.3 Å². The Morgan fingerprint density at radius 3 is 2.27 bits per heavy atom. The number of aromatic amines is 1. The van der Waals surface area contributed by atoms with Gasteiger partial charge in [0.25, 0.3) is 16.4 Å². The van der Waals surface area contributed by atoms with Crippen molar-refractivity contribution in [1.82, 2.24) is 14.2 Å². The lowest BCUT2D eigenvalue weighted by Crippen LogP contribution is -2.14. The molecule has 0 saturated heterocycles. The largest absolute Gasteiger partial charge is 0.478 e. The highest BCUT2D eigenvalue weighted by atomic mass is 35.5. The number of hydrogen-bond donors (Lipinski definition) is 2. The second kappa shape index (κ2) is 11.2. The number of halogens is 4. The Morgan fingerprint density at radius 2 is 1.64 bits per heavy atom. The van der Waals surface area contributed by atoms with E-state index >= 15 is 0 Å². The molecule has 6 aromatic rings. The SMILES string of the molecule is Cc1n[nH]c(C)c1-c1c(-c2cccc(-c3ccc(C(=O)O)cc3Cl)c2)n(S(=O)(=O)c2ccc(C(F)F)cc2)c2ccc(F)cc12. The van der Waals surface area contributed by atoms with Crippen molar-refractivity contribution in [2.24, 2.45) is 0 Å². The van der Waals surface area contributed by atoms with Crippen LogP contribution >= 0.6 is 11.6 Å². The summed E-state index contributed by atoms with van der Waals surface area (Å²) in [6.07, 6.45) is -2.79. The summed E-state index contributed by atoms with van der Waals surface area (Å²) in [5, 5.41) is 17.0. The van der Waals surface area contributed by atoms with Crippen molar-refractivity contribution in [2.45, 2.75) is 25.2 Å². The molecule has 0 aliphatic carbocycles. The van der Waals surface area contributed by atoms with Crippen LogP contribution in [0, 0.1) is 19.7 Å². The molecular formula is C33H23ClF3N3O4S. The van der Waals surface area contributed by atoms with E-state index in [9.17, 15) is 31.5 Å². The van der Waals surface area contributed by atoms with E-state index in [-0.39, 0.29) is 32.3 Å². The lowest BCUT2D eigenvalue weighted by molar-refractivity contribution is 0.0697. The fourth-order valence-electron chi connectivity index (χ4n) is 5.53. The molecule has 45 heavy (non-hydrogen) atoms. The maximum Gasteiger partial charge on any atom is 0.335 e. The number of hydrogen-bond acceptors (Lipinski definition) is 4. The van der Waals surface area contributed by atoms with Crippen molar-refractivity contribution in [3.63, 3.8) is 0 Å². The van der Waals surface area contributed by atoms with Crippen LogP contribution in [0.25, 0.3) is 44.4 Å². The average Bonchev–Trinajstić information content (AvgIpc) is 3.52. The summed E-state index contributed by atoms with van der Waals surface area (Å²) in [5.74, 6) is -1.74. The molecule has 2 N–H and O–H groups in total. The van der Waals surface area contributed by atoms with E-state index < -0.39 is 28.2 Å². The van der Waals surface area contributed by atoms with Gasteiger partial charge in [0.2, 0.25) is 0 Å². The van der Waals surface area contributed by atoms with Crippen LogP contribution in [-0.4, -0.2) is 33.7 Å². The Hall–Kier alpha value is -4.87. The summed E-state index contributed by atoms with van der Waals surface area (Å²) in [5.41, 5.74) is 3.58. The van der Waals surface area contributed by atoms with Gasteiger partial charge in [0.15, 0.2) is 0 Å². The molecule has 228 valence electrons. The van der Waals surface area contributed by atoms with E-state index in [1.807, 2.05) is 0 Å². The van der Waals surface area contributed by atoms with Crippen LogP contribution in [0.5, 0.6) is 0 Å². The minimum Gasteiger partial charge on any atom is -0.478 e. The van der Waals surface area contributed by atoms with Gasteiger partial charge in [-0.25, -0.2) is 30.4 Å². The molecule has 0 spiro atoms. The van der Waals surface area contributed by atoms with Crippen LogP contribution < -0.4 is 0 Å². The van der Waals surface area contributed by atoms with Gasteiger partial charge in [-0.3, -0.25) is 5.10 Å². The van der Waals surface area contributed by atoms with Gasteiger partial charge in [-0.15, -0.1) is 0 Å². The van der Waals surface area contributed by atoms with Crippen LogP contribution in [0.2, 0.25) is 5.02 Å². The number of aryl methyl sites for hydroxylation is 2. The van der Waals surface area contributed by atoms with E-state index in [0.717, 1.165) is 34.3 Å². The first-order valence-electron chi connectivity index (χ1n) is 13.5. The number of carboxylic acids is 1. The molecule has 0 saturated carbocycles. The lowest BCUT2D eigenvalue weighted by atomic mass is 9.95. The Balaban J connectivity index is 1.70. The summed E-state index contributed by atoms with van der Waals surface area (Å²) >= 11 is 6.49. The molecule has 12 heteroatoms. The number of rotatable bonds is 7. The molecule has 0 radical (unpaired) electrons.